The van der Waals surface area contributed by atoms with E-state index in [0.29, 0.717) is 11.1 Å². The molecule has 1 aromatic carbocycles. The van der Waals surface area contributed by atoms with Crippen LogP contribution in [0.2, 0.25) is 0 Å². The maximum absolute atomic E-state index is 11.8. The predicted molar refractivity (Wildman–Crippen MR) is 65.0 cm³/mol. The second-order valence-corrected chi connectivity index (χ2v) is 4.25. The Morgan fingerprint density at radius 3 is 2.59 bits per heavy atom. The van der Waals surface area contributed by atoms with Crippen molar-refractivity contribution in [1.29, 1.82) is 0 Å². The lowest BCUT2D eigenvalue weighted by molar-refractivity contribution is -0.120. The Hall–Kier alpha value is -1.84. The maximum Gasteiger partial charge on any atom is 0.252 e. The minimum atomic E-state index is -0.340. The topological polar surface area (TPSA) is 66.4 Å². The number of amides is 1. The number of hydrogen-bond donors (Lipinski definition) is 2. The standard InChI is InChI=1S/C13H17NO3/c1-8(2)12(16)7-14-13(17)10-5-4-6-11(15)9(10)3/h4-6,8,15H,7H2,1-3H3,(H,14,17). The molecule has 0 aliphatic heterocycles. The first-order valence-electron chi connectivity index (χ1n) is 5.53. The quantitative estimate of drug-likeness (QED) is 0.834. The number of carbonyl (C=O) groups excluding carboxylic acids is 2. The summed E-state index contributed by atoms with van der Waals surface area (Å²) in [5.74, 6) is -0.378. The van der Waals surface area contributed by atoms with Crippen molar-refractivity contribution in [3.63, 3.8) is 0 Å². The van der Waals surface area contributed by atoms with Gasteiger partial charge in [-0.05, 0) is 19.1 Å². The number of rotatable bonds is 4. The van der Waals surface area contributed by atoms with E-state index in [9.17, 15) is 14.7 Å². The summed E-state index contributed by atoms with van der Waals surface area (Å²) in [6.07, 6.45) is 0. The van der Waals surface area contributed by atoms with Gasteiger partial charge in [-0.1, -0.05) is 19.9 Å². The molecule has 4 nitrogen and oxygen atoms in total. The fraction of sp³-hybridized carbons (Fsp3) is 0.385. The number of phenols is 1. The first kappa shape index (κ1) is 13.2. The van der Waals surface area contributed by atoms with E-state index in [1.54, 1.807) is 32.9 Å². The molecule has 0 saturated carbocycles. The summed E-state index contributed by atoms with van der Waals surface area (Å²) in [4.78, 5) is 23.1. The van der Waals surface area contributed by atoms with E-state index in [-0.39, 0.29) is 29.9 Å². The molecule has 1 amide bonds. The number of benzene rings is 1. The molecule has 0 aliphatic rings. The number of aromatic hydroxyl groups is 1. The van der Waals surface area contributed by atoms with Crippen molar-refractivity contribution < 1.29 is 14.7 Å². The van der Waals surface area contributed by atoms with Gasteiger partial charge in [-0.2, -0.15) is 0 Å². The van der Waals surface area contributed by atoms with Crippen LogP contribution in [0.25, 0.3) is 0 Å². The second kappa shape index (κ2) is 5.48. The molecular formula is C13H17NO3. The van der Waals surface area contributed by atoms with Crippen molar-refractivity contribution in [2.45, 2.75) is 20.8 Å². The minimum Gasteiger partial charge on any atom is -0.508 e. The number of nitrogens with one attached hydrogen (secondary N) is 1. The Balaban J connectivity index is 2.71. The van der Waals surface area contributed by atoms with E-state index in [2.05, 4.69) is 5.32 Å². The smallest absolute Gasteiger partial charge is 0.252 e. The van der Waals surface area contributed by atoms with Crippen LogP contribution in [0.4, 0.5) is 0 Å². The highest BCUT2D eigenvalue weighted by molar-refractivity contribution is 5.98. The monoisotopic (exact) mass is 235 g/mol. The number of Topliss-reactive ketones (excluding diaryl/α,β-unsaturated/α-hetero) is 1. The molecule has 4 heteroatoms. The molecule has 1 rings (SSSR count). The summed E-state index contributed by atoms with van der Waals surface area (Å²) < 4.78 is 0. The van der Waals surface area contributed by atoms with Crippen molar-refractivity contribution in [2.75, 3.05) is 6.54 Å². The van der Waals surface area contributed by atoms with E-state index < -0.39 is 0 Å². The number of carbonyl (C=O) groups is 2. The molecule has 0 heterocycles. The third kappa shape index (κ3) is 3.31. The Morgan fingerprint density at radius 1 is 1.35 bits per heavy atom. The molecule has 92 valence electrons. The van der Waals surface area contributed by atoms with Gasteiger partial charge in [0.15, 0.2) is 5.78 Å². The van der Waals surface area contributed by atoms with Crippen LogP contribution in [0, 0.1) is 12.8 Å². The summed E-state index contributed by atoms with van der Waals surface area (Å²) in [6, 6.07) is 4.73. The van der Waals surface area contributed by atoms with Crippen LogP contribution in [0.5, 0.6) is 5.75 Å². The zero-order valence-corrected chi connectivity index (χ0v) is 10.3. The van der Waals surface area contributed by atoms with Crippen LogP contribution in [-0.4, -0.2) is 23.3 Å². The molecule has 2 N–H and O–H groups in total. The molecule has 0 fully saturated rings. The Morgan fingerprint density at radius 2 is 2.00 bits per heavy atom. The van der Waals surface area contributed by atoms with Crippen LogP contribution in [-0.2, 0) is 4.79 Å². The van der Waals surface area contributed by atoms with E-state index >= 15 is 0 Å². The highest BCUT2D eigenvalue weighted by atomic mass is 16.3. The molecule has 0 saturated heterocycles. The number of hydrogen-bond acceptors (Lipinski definition) is 3. The molecule has 1 aromatic rings. The lowest BCUT2D eigenvalue weighted by Crippen LogP contribution is -2.31. The van der Waals surface area contributed by atoms with Crippen LogP contribution < -0.4 is 5.32 Å². The van der Waals surface area contributed by atoms with Gasteiger partial charge in [-0.3, -0.25) is 9.59 Å². The van der Waals surface area contributed by atoms with Gasteiger partial charge in [-0.25, -0.2) is 0 Å². The molecule has 0 aromatic heterocycles. The molecule has 0 atom stereocenters. The van der Waals surface area contributed by atoms with Crippen molar-refractivity contribution in [2.24, 2.45) is 5.92 Å². The van der Waals surface area contributed by atoms with Crippen LogP contribution in [0.3, 0.4) is 0 Å². The predicted octanol–water partition coefficient (Wildman–Crippen LogP) is 1.66. The van der Waals surface area contributed by atoms with Crippen molar-refractivity contribution >= 4 is 11.7 Å². The van der Waals surface area contributed by atoms with Gasteiger partial charge in [0.2, 0.25) is 0 Å². The molecule has 0 bridgehead atoms. The van der Waals surface area contributed by atoms with Gasteiger partial charge in [0.1, 0.15) is 5.75 Å². The van der Waals surface area contributed by atoms with Crippen molar-refractivity contribution in [3.8, 4) is 5.75 Å². The van der Waals surface area contributed by atoms with Gasteiger partial charge in [0, 0.05) is 17.0 Å². The summed E-state index contributed by atoms with van der Waals surface area (Å²) in [5.41, 5.74) is 0.906. The summed E-state index contributed by atoms with van der Waals surface area (Å²) in [7, 11) is 0. The molecule has 0 radical (unpaired) electrons. The average Bonchev–Trinajstić information content (AvgIpc) is 2.29. The molecule has 0 unspecified atom stereocenters. The molecule has 0 spiro atoms. The average molecular weight is 235 g/mol. The third-order valence-electron chi connectivity index (χ3n) is 2.62. The molecule has 0 aliphatic carbocycles. The lowest BCUT2D eigenvalue weighted by Gasteiger charge is -2.09. The maximum atomic E-state index is 11.8. The Labute approximate surface area is 101 Å². The first-order chi connectivity index (χ1) is 7.93. The number of ketones is 1. The normalized spacial score (nSPS) is 10.4. The van der Waals surface area contributed by atoms with Gasteiger partial charge < -0.3 is 10.4 Å². The van der Waals surface area contributed by atoms with E-state index in [1.807, 2.05) is 0 Å². The molecule has 17 heavy (non-hydrogen) atoms. The summed E-state index contributed by atoms with van der Waals surface area (Å²) in [6.45, 7) is 5.25. The van der Waals surface area contributed by atoms with E-state index in [0.717, 1.165) is 0 Å². The van der Waals surface area contributed by atoms with E-state index in [4.69, 9.17) is 0 Å². The highest BCUT2D eigenvalue weighted by Crippen LogP contribution is 2.19. The van der Waals surface area contributed by atoms with Gasteiger partial charge in [0.05, 0.1) is 6.54 Å². The van der Waals surface area contributed by atoms with Crippen molar-refractivity contribution in [1.82, 2.24) is 5.32 Å². The highest BCUT2D eigenvalue weighted by Gasteiger charge is 2.13. The number of phenolic OH excluding ortho intramolecular Hbond substituents is 1. The zero-order valence-electron chi connectivity index (χ0n) is 10.3. The first-order valence-corrected chi connectivity index (χ1v) is 5.53. The second-order valence-electron chi connectivity index (χ2n) is 4.25. The van der Waals surface area contributed by atoms with Crippen LogP contribution in [0.1, 0.15) is 29.8 Å². The summed E-state index contributed by atoms with van der Waals surface area (Å²) in [5, 5.41) is 12.0. The largest absolute Gasteiger partial charge is 0.508 e. The van der Waals surface area contributed by atoms with Gasteiger partial charge in [0.25, 0.3) is 5.91 Å². The van der Waals surface area contributed by atoms with Gasteiger partial charge in [-0.15, -0.1) is 0 Å². The Bertz CT molecular complexity index is 438. The van der Waals surface area contributed by atoms with Crippen LogP contribution in [0.15, 0.2) is 18.2 Å². The minimum absolute atomic E-state index is 0.0174. The Kier molecular flexibility index (Phi) is 4.26. The zero-order chi connectivity index (χ0) is 13.0. The van der Waals surface area contributed by atoms with Crippen LogP contribution >= 0.6 is 0 Å². The van der Waals surface area contributed by atoms with Gasteiger partial charge >= 0.3 is 0 Å². The van der Waals surface area contributed by atoms with Crippen molar-refractivity contribution in [3.05, 3.63) is 29.3 Å². The van der Waals surface area contributed by atoms with E-state index in [1.165, 1.54) is 6.07 Å². The SMILES string of the molecule is Cc1c(O)cccc1C(=O)NCC(=O)C(C)C. The third-order valence-corrected chi connectivity index (χ3v) is 2.62. The fourth-order valence-electron chi connectivity index (χ4n) is 1.34. The molecular weight excluding hydrogens is 218 g/mol. The fourth-order valence-corrected chi connectivity index (χ4v) is 1.34. The summed E-state index contributed by atoms with van der Waals surface area (Å²) >= 11 is 0. The lowest BCUT2D eigenvalue weighted by atomic mass is 10.1.